The van der Waals surface area contributed by atoms with E-state index in [-0.39, 0.29) is 0 Å². The number of hydrogen-bond acceptors (Lipinski definition) is 4. The average Bonchev–Trinajstić information content (AvgIpc) is 2.76. The molecule has 2 unspecified atom stereocenters. The molecule has 0 aliphatic carbocycles. The number of oxazole rings is 1. The first-order valence-electron chi connectivity index (χ1n) is 6.05. The molecule has 0 bridgehead atoms. The predicted molar refractivity (Wildman–Crippen MR) is 67.7 cm³/mol. The van der Waals surface area contributed by atoms with Crippen LogP contribution in [0.15, 0.2) is 10.6 Å². The zero-order valence-corrected chi connectivity index (χ0v) is 11.5. The van der Waals surface area contributed by atoms with Crippen LogP contribution in [0.1, 0.15) is 38.0 Å². The van der Waals surface area contributed by atoms with Crippen molar-refractivity contribution in [2.75, 3.05) is 7.05 Å². The lowest BCUT2D eigenvalue weighted by molar-refractivity contribution is -0.141. The Morgan fingerprint density at radius 2 is 2.21 bits per heavy atom. The number of nitrogens with one attached hydrogen (secondary N) is 1. The maximum absolute atomic E-state index is 11.9. The second-order valence-corrected chi connectivity index (χ2v) is 4.35. The quantitative estimate of drug-likeness (QED) is 0.845. The van der Waals surface area contributed by atoms with Gasteiger partial charge in [0.2, 0.25) is 5.89 Å². The molecule has 0 saturated heterocycles. The van der Waals surface area contributed by atoms with E-state index in [1.54, 1.807) is 27.0 Å². The molecular weight excluding hydrogens is 250 g/mol. The van der Waals surface area contributed by atoms with E-state index in [9.17, 15) is 9.59 Å². The van der Waals surface area contributed by atoms with Gasteiger partial charge >= 0.3 is 12.0 Å². The molecule has 1 heterocycles. The topological polar surface area (TPSA) is 95.7 Å². The van der Waals surface area contributed by atoms with Gasteiger partial charge in [0.1, 0.15) is 17.8 Å². The number of aryl methyl sites for hydroxylation is 1. The molecular formula is C12H19N3O4. The Bertz CT molecular complexity index is 458. The average molecular weight is 269 g/mol. The van der Waals surface area contributed by atoms with Crippen molar-refractivity contribution in [2.24, 2.45) is 0 Å². The number of carbonyl (C=O) groups excluding carboxylic acids is 1. The number of amides is 2. The molecule has 1 aromatic heterocycles. The zero-order chi connectivity index (χ0) is 14.6. The number of carboxylic acid groups (broad SMARTS) is 1. The van der Waals surface area contributed by atoms with Crippen LogP contribution in [0.25, 0.3) is 0 Å². The molecule has 1 rings (SSSR count). The number of carbonyl (C=O) groups is 2. The normalized spacial score (nSPS) is 13.7. The molecule has 0 saturated carbocycles. The lowest BCUT2D eigenvalue weighted by atomic mass is 10.2. The molecule has 0 aliphatic rings. The van der Waals surface area contributed by atoms with E-state index in [0.29, 0.717) is 18.1 Å². The van der Waals surface area contributed by atoms with Gasteiger partial charge in [0, 0.05) is 7.05 Å². The minimum absolute atomic E-state index is 0.339. The van der Waals surface area contributed by atoms with E-state index in [1.165, 1.54) is 7.05 Å². The summed E-state index contributed by atoms with van der Waals surface area (Å²) >= 11 is 0. The third-order valence-electron chi connectivity index (χ3n) is 2.81. The number of aliphatic carboxylic acids is 1. The minimum Gasteiger partial charge on any atom is -0.480 e. The van der Waals surface area contributed by atoms with Crippen molar-refractivity contribution in [1.29, 1.82) is 0 Å². The molecule has 1 aromatic rings. The molecule has 7 heteroatoms. The summed E-state index contributed by atoms with van der Waals surface area (Å²) in [5, 5.41) is 11.6. The third-order valence-corrected chi connectivity index (χ3v) is 2.81. The Hall–Kier alpha value is -2.05. The van der Waals surface area contributed by atoms with E-state index >= 15 is 0 Å². The minimum atomic E-state index is -1.03. The molecule has 2 N–H and O–H groups in total. The second-order valence-electron chi connectivity index (χ2n) is 4.35. The van der Waals surface area contributed by atoms with Crippen molar-refractivity contribution in [3.63, 3.8) is 0 Å². The van der Waals surface area contributed by atoms with Crippen molar-refractivity contribution in [3.8, 4) is 0 Å². The largest absolute Gasteiger partial charge is 0.480 e. The fourth-order valence-corrected chi connectivity index (χ4v) is 1.68. The lowest BCUT2D eigenvalue weighted by Crippen LogP contribution is -2.47. The van der Waals surface area contributed by atoms with Crippen molar-refractivity contribution in [2.45, 2.75) is 39.3 Å². The molecule has 7 nitrogen and oxygen atoms in total. The molecule has 0 spiro atoms. The molecule has 2 atom stereocenters. The Balaban J connectivity index is 2.66. The second kappa shape index (κ2) is 6.21. The highest BCUT2D eigenvalue weighted by atomic mass is 16.4. The first-order valence-corrected chi connectivity index (χ1v) is 6.05. The van der Waals surface area contributed by atoms with Gasteiger partial charge in [-0.1, -0.05) is 6.92 Å². The van der Waals surface area contributed by atoms with Crippen LogP contribution in [0.4, 0.5) is 4.79 Å². The summed E-state index contributed by atoms with van der Waals surface area (Å²) in [6.45, 7) is 5.19. The van der Waals surface area contributed by atoms with Crippen LogP contribution in [0, 0.1) is 6.92 Å². The van der Waals surface area contributed by atoms with Crippen LogP contribution in [0.5, 0.6) is 0 Å². The highest BCUT2D eigenvalue weighted by Gasteiger charge is 2.26. The number of likely N-dealkylation sites (N-methyl/N-ethyl adjacent to an activating group) is 1. The van der Waals surface area contributed by atoms with Crippen molar-refractivity contribution in [1.82, 2.24) is 15.2 Å². The Kier molecular flexibility index (Phi) is 4.91. The van der Waals surface area contributed by atoms with Crippen molar-refractivity contribution >= 4 is 12.0 Å². The van der Waals surface area contributed by atoms with Crippen LogP contribution < -0.4 is 5.32 Å². The maximum Gasteiger partial charge on any atom is 0.326 e. The molecule has 0 radical (unpaired) electrons. The van der Waals surface area contributed by atoms with Gasteiger partial charge in [0.15, 0.2) is 0 Å². The Morgan fingerprint density at radius 3 is 2.63 bits per heavy atom. The molecule has 0 aromatic carbocycles. The highest BCUT2D eigenvalue weighted by molar-refractivity contribution is 5.82. The SMILES string of the molecule is CCC(C(=O)O)N(C)C(=O)NC(C)c1ncc(C)o1. The van der Waals surface area contributed by atoms with Crippen LogP contribution in [0.3, 0.4) is 0 Å². The summed E-state index contributed by atoms with van der Waals surface area (Å²) in [5.74, 6) is 0.0174. The summed E-state index contributed by atoms with van der Waals surface area (Å²) in [5.41, 5.74) is 0. The van der Waals surface area contributed by atoms with Crippen LogP contribution >= 0.6 is 0 Å². The number of aromatic nitrogens is 1. The summed E-state index contributed by atoms with van der Waals surface area (Å²) in [7, 11) is 1.45. The van der Waals surface area contributed by atoms with Gasteiger partial charge < -0.3 is 19.7 Å². The van der Waals surface area contributed by atoms with Crippen LogP contribution in [0.2, 0.25) is 0 Å². The lowest BCUT2D eigenvalue weighted by Gasteiger charge is -2.25. The molecule has 106 valence electrons. The first-order chi connectivity index (χ1) is 8.86. The summed E-state index contributed by atoms with van der Waals surface area (Å²) in [4.78, 5) is 28.1. The van der Waals surface area contributed by atoms with Crippen LogP contribution in [-0.2, 0) is 4.79 Å². The standard InChI is InChI=1S/C12H19N3O4/c1-5-9(11(16)17)15(4)12(18)14-8(3)10-13-6-7(2)19-10/h6,8-9H,5H2,1-4H3,(H,14,18)(H,16,17). The first kappa shape index (κ1) is 15.0. The Labute approximate surface area is 111 Å². The molecule has 0 aliphatic heterocycles. The maximum atomic E-state index is 11.9. The highest BCUT2D eigenvalue weighted by Crippen LogP contribution is 2.13. The molecule has 19 heavy (non-hydrogen) atoms. The van der Waals surface area contributed by atoms with Gasteiger partial charge in [-0.05, 0) is 20.3 Å². The zero-order valence-electron chi connectivity index (χ0n) is 11.5. The number of urea groups is 1. The summed E-state index contributed by atoms with van der Waals surface area (Å²) in [6, 6.07) is -1.74. The Morgan fingerprint density at radius 1 is 1.58 bits per heavy atom. The monoisotopic (exact) mass is 269 g/mol. The predicted octanol–water partition coefficient (Wildman–Crippen LogP) is 1.55. The van der Waals surface area contributed by atoms with E-state index in [4.69, 9.17) is 9.52 Å². The summed E-state index contributed by atoms with van der Waals surface area (Å²) in [6.07, 6.45) is 1.90. The van der Waals surface area contributed by atoms with Gasteiger partial charge in [-0.15, -0.1) is 0 Å². The number of hydrogen-bond donors (Lipinski definition) is 2. The van der Waals surface area contributed by atoms with E-state index in [0.717, 1.165) is 4.90 Å². The van der Waals surface area contributed by atoms with Gasteiger partial charge in [-0.25, -0.2) is 14.6 Å². The fourth-order valence-electron chi connectivity index (χ4n) is 1.68. The van der Waals surface area contributed by atoms with Gasteiger partial charge in [0.05, 0.1) is 6.20 Å². The summed E-state index contributed by atoms with van der Waals surface area (Å²) < 4.78 is 5.30. The van der Waals surface area contributed by atoms with Gasteiger partial charge in [-0.3, -0.25) is 0 Å². The number of carboxylic acids is 1. The smallest absolute Gasteiger partial charge is 0.326 e. The third kappa shape index (κ3) is 3.70. The number of rotatable bonds is 5. The van der Waals surface area contributed by atoms with Crippen LogP contribution in [-0.4, -0.2) is 40.1 Å². The molecule has 2 amide bonds. The van der Waals surface area contributed by atoms with Crippen molar-refractivity contribution < 1.29 is 19.1 Å². The molecule has 0 fully saturated rings. The van der Waals surface area contributed by atoms with E-state index < -0.39 is 24.1 Å². The van der Waals surface area contributed by atoms with Gasteiger partial charge in [-0.2, -0.15) is 0 Å². The van der Waals surface area contributed by atoms with E-state index in [1.807, 2.05) is 0 Å². The fraction of sp³-hybridized carbons (Fsp3) is 0.583. The van der Waals surface area contributed by atoms with Crippen molar-refractivity contribution in [3.05, 3.63) is 17.8 Å². The number of nitrogens with zero attached hydrogens (tertiary/aromatic N) is 2. The van der Waals surface area contributed by atoms with E-state index in [2.05, 4.69) is 10.3 Å². The van der Waals surface area contributed by atoms with Gasteiger partial charge in [0.25, 0.3) is 0 Å².